The number of anilines is 1. The third kappa shape index (κ3) is 3.19. The van der Waals surface area contributed by atoms with Crippen LogP contribution in [0.1, 0.15) is 10.4 Å². The first kappa shape index (κ1) is 16.9. The van der Waals surface area contributed by atoms with E-state index in [9.17, 15) is 9.90 Å². The molecule has 0 bridgehead atoms. The Morgan fingerprint density at radius 3 is 2.48 bits per heavy atom. The summed E-state index contributed by atoms with van der Waals surface area (Å²) in [7, 11) is 2.97. The van der Waals surface area contributed by atoms with E-state index >= 15 is 0 Å². The number of halogens is 1. The number of carbonyl (C=O) groups excluding carboxylic acids is 1. The van der Waals surface area contributed by atoms with Crippen LogP contribution in [0.4, 0.5) is 5.69 Å². The molecule has 3 rings (SSSR count). The molecule has 3 aromatic carbocycles. The quantitative estimate of drug-likeness (QED) is 0.723. The zero-order valence-electron chi connectivity index (χ0n) is 13.7. The van der Waals surface area contributed by atoms with Gasteiger partial charge in [-0.2, -0.15) is 0 Å². The SMILES string of the molecule is COc1cc(OC)c(NC(=O)c2ccc3ccccc3c2O)cc1Cl. The minimum Gasteiger partial charge on any atom is -0.506 e. The summed E-state index contributed by atoms with van der Waals surface area (Å²) >= 11 is 6.12. The summed E-state index contributed by atoms with van der Waals surface area (Å²) < 4.78 is 10.4. The van der Waals surface area contributed by atoms with Crippen LogP contribution in [0.3, 0.4) is 0 Å². The average molecular weight is 358 g/mol. The van der Waals surface area contributed by atoms with Crippen molar-refractivity contribution in [3.05, 3.63) is 59.1 Å². The maximum absolute atomic E-state index is 12.6. The topological polar surface area (TPSA) is 67.8 Å². The summed E-state index contributed by atoms with van der Waals surface area (Å²) in [5, 5.41) is 14.9. The Morgan fingerprint density at radius 2 is 1.76 bits per heavy atom. The third-order valence-corrected chi connectivity index (χ3v) is 4.16. The van der Waals surface area contributed by atoms with Gasteiger partial charge in [0.25, 0.3) is 5.91 Å². The Labute approximate surface area is 149 Å². The maximum Gasteiger partial charge on any atom is 0.259 e. The molecular weight excluding hydrogens is 342 g/mol. The Balaban J connectivity index is 1.98. The summed E-state index contributed by atoms with van der Waals surface area (Å²) in [6, 6.07) is 13.8. The van der Waals surface area contributed by atoms with Crippen molar-refractivity contribution >= 4 is 34.0 Å². The van der Waals surface area contributed by atoms with Crippen molar-refractivity contribution in [2.45, 2.75) is 0 Å². The number of aromatic hydroxyl groups is 1. The Morgan fingerprint density at radius 1 is 1.04 bits per heavy atom. The number of carbonyl (C=O) groups is 1. The van der Waals surface area contributed by atoms with Crippen LogP contribution in [0.5, 0.6) is 17.2 Å². The minimum atomic E-state index is -0.470. The van der Waals surface area contributed by atoms with Gasteiger partial charge in [0.1, 0.15) is 17.2 Å². The van der Waals surface area contributed by atoms with Crippen LogP contribution in [0.25, 0.3) is 10.8 Å². The van der Waals surface area contributed by atoms with Crippen LogP contribution in [-0.4, -0.2) is 25.2 Å². The molecule has 2 N–H and O–H groups in total. The fourth-order valence-corrected chi connectivity index (χ4v) is 2.83. The number of phenolic OH excluding ortho intramolecular Hbond substituents is 1. The molecule has 5 nitrogen and oxygen atoms in total. The van der Waals surface area contributed by atoms with Gasteiger partial charge in [-0.1, -0.05) is 41.9 Å². The van der Waals surface area contributed by atoms with Gasteiger partial charge in [-0.05, 0) is 17.5 Å². The van der Waals surface area contributed by atoms with Crippen molar-refractivity contribution in [3.8, 4) is 17.2 Å². The van der Waals surface area contributed by atoms with Gasteiger partial charge in [-0.25, -0.2) is 0 Å². The highest BCUT2D eigenvalue weighted by molar-refractivity contribution is 6.32. The Kier molecular flexibility index (Phi) is 4.67. The lowest BCUT2D eigenvalue weighted by Crippen LogP contribution is -2.13. The molecule has 25 heavy (non-hydrogen) atoms. The van der Waals surface area contributed by atoms with Crippen LogP contribution in [0.15, 0.2) is 48.5 Å². The highest BCUT2D eigenvalue weighted by Gasteiger charge is 2.17. The lowest BCUT2D eigenvalue weighted by atomic mass is 10.0. The number of hydrogen-bond donors (Lipinski definition) is 2. The summed E-state index contributed by atoms with van der Waals surface area (Å²) in [5.41, 5.74) is 0.540. The molecule has 6 heteroatoms. The molecule has 0 spiro atoms. The maximum atomic E-state index is 12.6. The third-order valence-electron chi connectivity index (χ3n) is 3.87. The molecule has 0 atom stereocenters. The molecule has 0 aromatic heterocycles. The minimum absolute atomic E-state index is 0.0748. The van der Waals surface area contributed by atoms with Crippen molar-refractivity contribution in [2.75, 3.05) is 19.5 Å². The van der Waals surface area contributed by atoms with E-state index in [0.717, 1.165) is 5.39 Å². The fraction of sp³-hybridized carbons (Fsp3) is 0.105. The first-order valence-electron chi connectivity index (χ1n) is 7.48. The molecule has 0 saturated carbocycles. The normalized spacial score (nSPS) is 10.5. The predicted molar refractivity (Wildman–Crippen MR) is 98.1 cm³/mol. The molecule has 0 unspecified atom stereocenters. The number of fused-ring (bicyclic) bond motifs is 1. The molecule has 0 aliphatic rings. The van der Waals surface area contributed by atoms with Crippen molar-refractivity contribution in [3.63, 3.8) is 0 Å². The number of ether oxygens (including phenoxy) is 2. The number of nitrogens with one attached hydrogen (secondary N) is 1. The second kappa shape index (κ2) is 6.91. The van der Waals surface area contributed by atoms with Crippen LogP contribution in [-0.2, 0) is 0 Å². The summed E-state index contributed by atoms with van der Waals surface area (Å²) in [6.07, 6.45) is 0. The molecule has 0 heterocycles. The van der Waals surface area contributed by atoms with Gasteiger partial charge in [-0.3, -0.25) is 4.79 Å². The highest BCUT2D eigenvalue weighted by Crippen LogP contribution is 2.37. The van der Waals surface area contributed by atoms with Gasteiger partial charge in [0.05, 0.1) is 30.5 Å². The molecule has 1 amide bonds. The summed E-state index contributed by atoms with van der Waals surface area (Å²) in [6.45, 7) is 0. The van der Waals surface area contributed by atoms with E-state index in [0.29, 0.717) is 27.6 Å². The zero-order chi connectivity index (χ0) is 18.0. The highest BCUT2D eigenvalue weighted by atomic mass is 35.5. The Hall–Kier alpha value is -2.92. The van der Waals surface area contributed by atoms with Gasteiger partial charge in [0, 0.05) is 11.5 Å². The van der Waals surface area contributed by atoms with Crippen molar-refractivity contribution in [2.24, 2.45) is 0 Å². The largest absolute Gasteiger partial charge is 0.506 e. The van der Waals surface area contributed by atoms with Crippen molar-refractivity contribution in [1.29, 1.82) is 0 Å². The predicted octanol–water partition coefficient (Wildman–Crippen LogP) is 4.47. The standard InChI is InChI=1S/C19H16ClNO4/c1-24-16-10-17(25-2)15(9-14(16)20)21-19(23)13-8-7-11-5-3-4-6-12(11)18(13)22/h3-10,22H,1-2H3,(H,21,23). The van der Waals surface area contributed by atoms with E-state index in [2.05, 4.69) is 5.32 Å². The van der Waals surface area contributed by atoms with Crippen molar-refractivity contribution < 1.29 is 19.4 Å². The van der Waals surface area contributed by atoms with Gasteiger partial charge in [0.2, 0.25) is 0 Å². The average Bonchev–Trinajstić information content (AvgIpc) is 2.62. The summed E-state index contributed by atoms with van der Waals surface area (Å²) in [5.74, 6) is 0.289. The smallest absolute Gasteiger partial charge is 0.259 e. The number of hydrogen-bond acceptors (Lipinski definition) is 4. The molecule has 0 aliphatic carbocycles. The number of methoxy groups -OCH3 is 2. The molecule has 0 fully saturated rings. The van der Waals surface area contributed by atoms with E-state index in [1.807, 2.05) is 12.1 Å². The molecule has 0 saturated heterocycles. The van der Waals surface area contributed by atoms with Gasteiger partial charge >= 0.3 is 0 Å². The van der Waals surface area contributed by atoms with Crippen molar-refractivity contribution in [1.82, 2.24) is 0 Å². The fourth-order valence-electron chi connectivity index (χ4n) is 2.59. The van der Waals surface area contributed by atoms with E-state index in [1.165, 1.54) is 20.3 Å². The van der Waals surface area contributed by atoms with Gasteiger partial charge in [0.15, 0.2) is 0 Å². The van der Waals surface area contributed by atoms with E-state index in [1.54, 1.807) is 30.3 Å². The molecule has 3 aromatic rings. The van der Waals surface area contributed by atoms with E-state index in [4.69, 9.17) is 21.1 Å². The van der Waals surface area contributed by atoms with Crippen LogP contribution in [0.2, 0.25) is 5.02 Å². The lowest BCUT2D eigenvalue weighted by Gasteiger charge is -2.14. The molecule has 0 radical (unpaired) electrons. The molecular formula is C19H16ClNO4. The van der Waals surface area contributed by atoms with Crippen LogP contribution >= 0.6 is 11.6 Å². The van der Waals surface area contributed by atoms with Crippen LogP contribution in [0, 0.1) is 0 Å². The zero-order valence-corrected chi connectivity index (χ0v) is 14.4. The number of phenols is 1. The Bertz CT molecular complexity index is 956. The first-order chi connectivity index (χ1) is 12.0. The first-order valence-corrected chi connectivity index (χ1v) is 7.86. The number of amides is 1. The molecule has 128 valence electrons. The second-order valence-electron chi connectivity index (χ2n) is 5.32. The van der Waals surface area contributed by atoms with E-state index < -0.39 is 5.91 Å². The van der Waals surface area contributed by atoms with Gasteiger partial charge < -0.3 is 19.9 Å². The summed E-state index contributed by atoms with van der Waals surface area (Å²) in [4.78, 5) is 12.6. The molecule has 0 aliphatic heterocycles. The lowest BCUT2D eigenvalue weighted by molar-refractivity contribution is 0.102. The second-order valence-corrected chi connectivity index (χ2v) is 5.73. The van der Waals surface area contributed by atoms with Gasteiger partial charge in [-0.15, -0.1) is 0 Å². The van der Waals surface area contributed by atoms with E-state index in [-0.39, 0.29) is 11.3 Å². The number of benzene rings is 3. The monoisotopic (exact) mass is 357 g/mol. The number of rotatable bonds is 4. The van der Waals surface area contributed by atoms with Crippen LogP contribution < -0.4 is 14.8 Å².